The molecule has 1 nitrogen and oxygen atoms in total. The van der Waals surface area contributed by atoms with E-state index in [4.69, 9.17) is 0 Å². The second kappa shape index (κ2) is 10.3. The van der Waals surface area contributed by atoms with Crippen molar-refractivity contribution in [3.63, 3.8) is 0 Å². The maximum absolute atomic E-state index is 11.6. The summed E-state index contributed by atoms with van der Waals surface area (Å²) in [4.78, 5) is 11.6. The van der Waals surface area contributed by atoms with Crippen molar-refractivity contribution in [3.05, 3.63) is 53.6 Å². The Labute approximate surface area is 147 Å². The Morgan fingerprint density at radius 2 is 1.96 bits per heavy atom. The first-order valence-corrected chi connectivity index (χ1v) is 9.66. The van der Waals surface area contributed by atoms with Gasteiger partial charge in [-0.05, 0) is 56.1 Å². The molecule has 0 heterocycles. The van der Waals surface area contributed by atoms with E-state index in [0.29, 0.717) is 18.1 Å². The van der Waals surface area contributed by atoms with Gasteiger partial charge in [-0.2, -0.15) is 0 Å². The highest BCUT2D eigenvalue weighted by Crippen LogP contribution is 2.39. The van der Waals surface area contributed by atoms with Crippen LogP contribution in [-0.2, 0) is 4.79 Å². The third kappa shape index (κ3) is 5.78. The molecule has 0 radical (unpaired) electrons. The molecule has 1 atom stereocenters. The van der Waals surface area contributed by atoms with Gasteiger partial charge in [0.1, 0.15) is 5.78 Å². The summed E-state index contributed by atoms with van der Waals surface area (Å²) < 4.78 is 0. The van der Waals surface area contributed by atoms with Crippen molar-refractivity contribution in [3.8, 4) is 0 Å². The van der Waals surface area contributed by atoms with Crippen molar-refractivity contribution in [2.24, 2.45) is 5.92 Å². The van der Waals surface area contributed by atoms with Gasteiger partial charge in [0.05, 0.1) is 0 Å². The minimum Gasteiger partial charge on any atom is -0.300 e. The number of carbonyl (C=O) groups is 1. The molecule has 0 amide bonds. The van der Waals surface area contributed by atoms with Crippen LogP contribution in [0.4, 0.5) is 0 Å². The molecular formula is C23H32O. The van der Waals surface area contributed by atoms with Gasteiger partial charge in [-0.15, -0.1) is 0 Å². The molecule has 1 aliphatic rings. The monoisotopic (exact) mass is 324 g/mol. The van der Waals surface area contributed by atoms with Gasteiger partial charge >= 0.3 is 0 Å². The lowest BCUT2D eigenvalue weighted by Gasteiger charge is -2.15. The Hall–Kier alpha value is -1.63. The summed E-state index contributed by atoms with van der Waals surface area (Å²) >= 11 is 0. The third-order valence-electron chi connectivity index (χ3n) is 4.96. The normalized spacial score (nSPS) is 19.8. The zero-order valence-electron chi connectivity index (χ0n) is 15.4. The Bertz CT molecular complexity index is 565. The van der Waals surface area contributed by atoms with Crippen LogP contribution in [0.25, 0.3) is 5.57 Å². The topological polar surface area (TPSA) is 17.1 Å². The zero-order chi connectivity index (χ0) is 17.2. The summed E-state index contributed by atoms with van der Waals surface area (Å²) in [7, 11) is 0. The Kier molecular flexibility index (Phi) is 8.01. The van der Waals surface area contributed by atoms with Crippen LogP contribution < -0.4 is 0 Å². The van der Waals surface area contributed by atoms with Crippen LogP contribution in [0.2, 0.25) is 0 Å². The summed E-state index contributed by atoms with van der Waals surface area (Å²) in [5, 5.41) is 0. The first kappa shape index (κ1) is 18.7. The number of unbranched alkanes of at least 4 members (excludes halogenated alkanes) is 4. The number of allylic oxidation sites excluding steroid dienone is 4. The summed E-state index contributed by atoms with van der Waals surface area (Å²) in [5.74, 6) is 0.762. The van der Waals surface area contributed by atoms with Crippen LogP contribution in [0.5, 0.6) is 0 Å². The largest absolute Gasteiger partial charge is 0.300 e. The average molecular weight is 325 g/mol. The highest BCUT2D eigenvalue weighted by molar-refractivity contribution is 5.80. The lowest BCUT2D eigenvalue weighted by atomic mass is 9.89. The molecule has 0 bridgehead atoms. The number of hydrogen-bond acceptors (Lipinski definition) is 1. The standard InChI is InChI=1S/C23H32O/c1-3-4-5-6-7-11-16-22(20-13-9-8-10-14-20)23-17-12-15-21(23)18-19(2)24/h8-11,13-14,16,21H,3-7,12,15,17-18H2,1-2H3/b16-11+,23-22+. The van der Waals surface area contributed by atoms with E-state index in [-0.39, 0.29) is 0 Å². The number of benzene rings is 1. The molecule has 1 unspecified atom stereocenters. The van der Waals surface area contributed by atoms with Crippen LogP contribution in [0.15, 0.2) is 48.1 Å². The van der Waals surface area contributed by atoms with Gasteiger partial charge in [0.2, 0.25) is 0 Å². The van der Waals surface area contributed by atoms with E-state index < -0.39 is 0 Å². The van der Waals surface area contributed by atoms with Crippen LogP contribution >= 0.6 is 0 Å². The molecule has 2 rings (SSSR count). The molecule has 1 fully saturated rings. The van der Waals surface area contributed by atoms with Crippen LogP contribution in [0.3, 0.4) is 0 Å². The van der Waals surface area contributed by atoms with Crippen LogP contribution in [0.1, 0.15) is 77.2 Å². The lowest BCUT2D eigenvalue weighted by Crippen LogP contribution is -2.05. The molecule has 0 N–H and O–H groups in total. The number of carbonyl (C=O) groups excluding carboxylic acids is 1. The Morgan fingerprint density at radius 1 is 1.17 bits per heavy atom. The van der Waals surface area contributed by atoms with Crippen LogP contribution in [-0.4, -0.2) is 5.78 Å². The fourth-order valence-corrected chi connectivity index (χ4v) is 3.74. The van der Waals surface area contributed by atoms with Gasteiger partial charge in [0, 0.05) is 6.42 Å². The Morgan fingerprint density at radius 3 is 2.67 bits per heavy atom. The van der Waals surface area contributed by atoms with Crippen molar-refractivity contribution >= 4 is 11.4 Å². The van der Waals surface area contributed by atoms with Crippen LogP contribution in [0, 0.1) is 5.92 Å². The van der Waals surface area contributed by atoms with E-state index in [0.717, 1.165) is 19.3 Å². The number of rotatable bonds is 9. The van der Waals surface area contributed by atoms with E-state index >= 15 is 0 Å². The molecule has 1 saturated carbocycles. The average Bonchev–Trinajstić information content (AvgIpc) is 3.02. The first-order chi connectivity index (χ1) is 11.7. The summed E-state index contributed by atoms with van der Waals surface area (Å²) in [6, 6.07) is 10.7. The van der Waals surface area contributed by atoms with Crippen molar-refractivity contribution < 1.29 is 4.79 Å². The number of ketones is 1. The van der Waals surface area contributed by atoms with Gasteiger partial charge in [-0.1, -0.05) is 74.2 Å². The number of Topliss-reactive ketones (excluding diaryl/α,β-unsaturated/α-hetero) is 1. The first-order valence-electron chi connectivity index (χ1n) is 9.66. The maximum atomic E-state index is 11.6. The predicted molar refractivity (Wildman–Crippen MR) is 104 cm³/mol. The SMILES string of the molecule is CCCCCC/C=C/C(=C1/CCCC1CC(C)=O)c1ccccc1. The predicted octanol–water partition coefficient (Wildman–Crippen LogP) is 6.75. The zero-order valence-corrected chi connectivity index (χ0v) is 15.4. The molecule has 24 heavy (non-hydrogen) atoms. The van der Waals surface area contributed by atoms with Gasteiger partial charge in [0.25, 0.3) is 0 Å². The molecule has 0 spiro atoms. The molecule has 1 aliphatic carbocycles. The van der Waals surface area contributed by atoms with Crippen molar-refractivity contribution in [1.29, 1.82) is 0 Å². The molecule has 1 aromatic rings. The quantitative estimate of drug-likeness (QED) is 0.459. The highest BCUT2D eigenvalue weighted by Gasteiger charge is 2.24. The smallest absolute Gasteiger partial charge is 0.130 e. The fourth-order valence-electron chi connectivity index (χ4n) is 3.74. The van der Waals surface area contributed by atoms with E-state index in [1.54, 1.807) is 6.92 Å². The van der Waals surface area contributed by atoms with E-state index in [2.05, 4.69) is 49.4 Å². The lowest BCUT2D eigenvalue weighted by molar-refractivity contribution is -0.117. The molecule has 1 aromatic carbocycles. The Balaban J connectivity index is 2.18. The van der Waals surface area contributed by atoms with Gasteiger partial charge in [0.15, 0.2) is 0 Å². The molecule has 0 saturated heterocycles. The van der Waals surface area contributed by atoms with Crippen molar-refractivity contribution in [2.75, 3.05) is 0 Å². The molecular weight excluding hydrogens is 292 g/mol. The van der Waals surface area contributed by atoms with Crippen molar-refractivity contribution in [2.45, 2.75) is 71.6 Å². The van der Waals surface area contributed by atoms with E-state index in [1.807, 2.05) is 0 Å². The second-order valence-electron chi connectivity index (χ2n) is 7.05. The minimum atomic E-state index is 0.315. The van der Waals surface area contributed by atoms with E-state index in [1.165, 1.54) is 48.8 Å². The third-order valence-corrected chi connectivity index (χ3v) is 4.96. The van der Waals surface area contributed by atoms with E-state index in [9.17, 15) is 4.79 Å². The molecule has 0 aromatic heterocycles. The molecule has 0 aliphatic heterocycles. The summed E-state index contributed by atoms with van der Waals surface area (Å²) in [5.41, 5.74) is 4.17. The minimum absolute atomic E-state index is 0.315. The van der Waals surface area contributed by atoms with Gasteiger partial charge in [-0.25, -0.2) is 0 Å². The van der Waals surface area contributed by atoms with Crippen molar-refractivity contribution in [1.82, 2.24) is 0 Å². The highest BCUT2D eigenvalue weighted by atomic mass is 16.1. The molecule has 130 valence electrons. The van der Waals surface area contributed by atoms with Gasteiger partial charge < -0.3 is 4.79 Å². The fraction of sp³-hybridized carbons (Fsp3) is 0.522. The second-order valence-corrected chi connectivity index (χ2v) is 7.05. The van der Waals surface area contributed by atoms with Gasteiger partial charge in [-0.3, -0.25) is 0 Å². The summed E-state index contributed by atoms with van der Waals surface area (Å²) in [6.45, 7) is 3.98. The molecule has 1 heteroatoms. The maximum Gasteiger partial charge on any atom is 0.130 e. The number of hydrogen-bond donors (Lipinski definition) is 0. The summed E-state index contributed by atoms with van der Waals surface area (Å²) in [6.07, 6.45) is 15.3.